The summed E-state index contributed by atoms with van der Waals surface area (Å²) in [6.07, 6.45) is 1.71. The van der Waals surface area contributed by atoms with Gasteiger partial charge < -0.3 is 19.7 Å². The van der Waals surface area contributed by atoms with Gasteiger partial charge in [-0.3, -0.25) is 0 Å². The van der Waals surface area contributed by atoms with Gasteiger partial charge in [-0.1, -0.05) is 15.9 Å². The summed E-state index contributed by atoms with van der Waals surface area (Å²) >= 11 is 3.30. The van der Waals surface area contributed by atoms with Crippen LogP contribution in [0.5, 0.6) is 5.75 Å². The Hall–Kier alpha value is -1.95. The number of hydrogen-bond donors (Lipinski definition) is 2. The molecule has 2 aromatic rings. The topological polar surface area (TPSA) is 106 Å². The molecule has 1 fully saturated rings. The molecule has 1 saturated heterocycles. The second kappa shape index (κ2) is 10.2. The van der Waals surface area contributed by atoms with Crippen LogP contribution in [0, 0.1) is 0 Å². The van der Waals surface area contributed by atoms with Gasteiger partial charge in [-0.2, -0.15) is 5.10 Å². The Labute approximate surface area is 179 Å². The minimum Gasteiger partial charge on any atom is -0.492 e. The second-order valence-electron chi connectivity index (χ2n) is 6.25. The molecule has 3 rings (SSSR count). The van der Waals surface area contributed by atoms with Crippen LogP contribution in [-0.2, 0) is 14.8 Å². The van der Waals surface area contributed by atoms with E-state index >= 15 is 0 Å². The fourth-order valence-electron chi connectivity index (χ4n) is 2.86. The largest absolute Gasteiger partial charge is 0.492 e. The van der Waals surface area contributed by atoms with Crippen molar-refractivity contribution >= 4 is 37.5 Å². The molecular weight excluding hydrogens is 462 g/mol. The summed E-state index contributed by atoms with van der Waals surface area (Å²) in [5.41, 5.74) is 0.960. The molecular formula is C18H24BrN5O4S. The third-order valence-corrected chi connectivity index (χ3v) is 6.21. The molecule has 0 amide bonds. The quantitative estimate of drug-likeness (QED) is 0.518. The summed E-state index contributed by atoms with van der Waals surface area (Å²) in [6, 6.07) is 6.80. The lowest BCUT2D eigenvalue weighted by atomic mass is 10.3. The van der Waals surface area contributed by atoms with Crippen molar-refractivity contribution in [3.63, 3.8) is 0 Å². The zero-order valence-electron chi connectivity index (χ0n) is 16.1. The molecule has 1 aromatic heterocycles. The number of aromatic nitrogens is 2. The smallest absolute Gasteiger partial charge is 0.244 e. The Bertz CT molecular complexity index is 922. The molecule has 0 atom stereocenters. The summed E-state index contributed by atoms with van der Waals surface area (Å²) in [5, 5.41) is 11.2. The average molecular weight is 486 g/mol. The average Bonchev–Trinajstić information content (AvgIpc) is 2.73. The maximum Gasteiger partial charge on any atom is 0.244 e. The molecule has 0 radical (unpaired) electrons. The van der Waals surface area contributed by atoms with Gasteiger partial charge in [0.05, 0.1) is 31.7 Å². The van der Waals surface area contributed by atoms with Gasteiger partial charge >= 0.3 is 0 Å². The standard InChI is InChI=1S/C18H24BrN5O4S/c1-2-28-16-4-3-14(19)11-17(16)29(25,26)22-6-5-20-18-12-15(13-21-23-18)24-7-9-27-10-8-24/h3-4,11-13,22H,2,5-10H2,1H3,(H,20,23). The first-order valence-electron chi connectivity index (χ1n) is 9.31. The molecule has 0 aliphatic carbocycles. The van der Waals surface area contributed by atoms with Gasteiger partial charge in [0.2, 0.25) is 10.0 Å². The lowest BCUT2D eigenvalue weighted by molar-refractivity contribution is 0.122. The van der Waals surface area contributed by atoms with Gasteiger partial charge in [0.1, 0.15) is 10.6 Å². The highest BCUT2D eigenvalue weighted by molar-refractivity contribution is 9.10. The predicted octanol–water partition coefficient (Wildman–Crippen LogP) is 1.86. The summed E-state index contributed by atoms with van der Waals surface area (Å²) < 4.78 is 39.4. The number of anilines is 2. The first-order valence-corrected chi connectivity index (χ1v) is 11.6. The number of morpholine rings is 1. The number of sulfonamides is 1. The lowest BCUT2D eigenvalue weighted by Crippen LogP contribution is -2.36. The van der Waals surface area contributed by atoms with Gasteiger partial charge in [0.25, 0.3) is 0 Å². The highest BCUT2D eigenvalue weighted by Crippen LogP contribution is 2.27. The van der Waals surface area contributed by atoms with Gasteiger partial charge in [0, 0.05) is 36.7 Å². The number of nitrogens with zero attached hydrogens (tertiary/aromatic N) is 3. The van der Waals surface area contributed by atoms with E-state index in [4.69, 9.17) is 9.47 Å². The fraction of sp³-hybridized carbons (Fsp3) is 0.444. The van der Waals surface area contributed by atoms with Gasteiger partial charge in [0.15, 0.2) is 5.82 Å². The van der Waals surface area contributed by atoms with Crippen molar-refractivity contribution in [3.8, 4) is 5.75 Å². The van der Waals surface area contributed by atoms with Crippen LogP contribution in [0.1, 0.15) is 6.92 Å². The van der Waals surface area contributed by atoms with E-state index in [1.807, 2.05) is 13.0 Å². The van der Waals surface area contributed by atoms with Crippen molar-refractivity contribution in [2.24, 2.45) is 0 Å². The number of nitrogens with one attached hydrogen (secondary N) is 2. The minimum absolute atomic E-state index is 0.0998. The third kappa shape index (κ3) is 6.01. The van der Waals surface area contributed by atoms with Crippen molar-refractivity contribution in [1.29, 1.82) is 0 Å². The van der Waals surface area contributed by atoms with Gasteiger partial charge in [-0.15, -0.1) is 5.10 Å². The predicted molar refractivity (Wildman–Crippen MR) is 114 cm³/mol. The molecule has 2 N–H and O–H groups in total. The minimum atomic E-state index is -3.72. The van der Waals surface area contributed by atoms with E-state index in [1.165, 1.54) is 6.07 Å². The zero-order chi connectivity index (χ0) is 20.7. The molecule has 0 unspecified atom stereocenters. The normalized spacial score (nSPS) is 14.6. The molecule has 0 bridgehead atoms. The lowest BCUT2D eigenvalue weighted by Gasteiger charge is -2.28. The van der Waals surface area contributed by atoms with Crippen molar-refractivity contribution in [1.82, 2.24) is 14.9 Å². The highest BCUT2D eigenvalue weighted by Gasteiger charge is 2.20. The summed E-state index contributed by atoms with van der Waals surface area (Å²) in [4.78, 5) is 2.28. The van der Waals surface area contributed by atoms with Crippen molar-refractivity contribution in [2.45, 2.75) is 11.8 Å². The highest BCUT2D eigenvalue weighted by atomic mass is 79.9. The molecule has 1 aliphatic rings. The van der Waals surface area contributed by atoms with Crippen LogP contribution < -0.4 is 19.7 Å². The zero-order valence-corrected chi connectivity index (χ0v) is 18.5. The van der Waals surface area contributed by atoms with Crippen LogP contribution in [0.25, 0.3) is 0 Å². The van der Waals surface area contributed by atoms with Crippen LogP contribution in [0.4, 0.5) is 11.5 Å². The van der Waals surface area contributed by atoms with E-state index < -0.39 is 10.0 Å². The molecule has 2 heterocycles. The number of ether oxygens (including phenoxy) is 2. The Morgan fingerprint density at radius 2 is 2.03 bits per heavy atom. The maximum absolute atomic E-state index is 12.7. The Balaban J connectivity index is 1.57. The molecule has 0 spiro atoms. The van der Waals surface area contributed by atoms with Crippen LogP contribution in [0.15, 0.2) is 39.8 Å². The monoisotopic (exact) mass is 485 g/mol. The van der Waals surface area contributed by atoms with Gasteiger partial charge in [-0.25, -0.2) is 13.1 Å². The van der Waals surface area contributed by atoms with Crippen LogP contribution in [-0.4, -0.2) is 64.6 Å². The van der Waals surface area contributed by atoms with E-state index in [1.54, 1.807) is 18.3 Å². The number of halogens is 1. The molecule has 9 nitrogen and oxygen atoms in total. The maximum atomic E-state index is 12.7. The Kier molecular flexibility index (Phi) is 7.64. The number of benzene rings is 1. The fourth-order valence-corrected chi connectivity index (χ4v) is 4.57. The molecule has 1 aromatic carbocycles. The molecule has 1 aliphatic heterocycles. The SMILES string of the molecule is CCOc1ccc(Br)cc1S(=O)(=O)NCCNc1cc(N2CCOCC2)cnn1. The van der Waals surface area contributed by atoms with Crippen molar-refractivity contribution in [3.05, 3.63) is 34.9 Å². The van der Waals surface area contributed by atoms with E-state index in [9.17, 15) is 8.42 Å². The third-order valence-electron chi connectivity index (χ3n) is 4.23. The molecule has 29 heavy (non-hydrogen) atoms. The Morgan fingerprint density at radius 3 is 2.79 bits per heavy atom. The van der Waals surface area contributed by atoms with E-state index in [0.717, 1.165) is 18.8 Å². The molecule has 0 saturated carbocycles. The van der Waals surface area contributed by atoms with Crippen LogP contribution in [0.3, 0.4) is 0 Å². The number of hydrogen-bond acceptors (Lipinski definition) is 8. The summed E-state index contributed by atoms with van der Waals surface area (Å²) in [7, 11) is -3.72. The van der Waals surface area contributed by atoms with Crippen molar-refractivity contribution < 1.29 is 17.9 Å². The first-order chi connectivity index (χ1) is 14.0. The molecule has 158 valence electrons. The van der Waals surface area contributed by atoms with Crippen LogP contribution in [0.2, 0.25) is 0 Å². The number of rotatable bonds is 9. The molecule has 11 heteroatoms. The summed E-state index contributed by atoms with van der Waals surface area (Å²) in [5.74, 6) is 0.908. The first kappa shape index (κ1) is 21.8. The van der Waals surface area contributed by atoms with Crippen LogP contribution >= 0.6 is 15.9 Å². The second-order valence-corrected chi connectivity index (χ2v) is 8.90. The van der Waals surface area contributed by atoms with Crippen molar-refractivity contribution in [2.75, 3.05) is 56.2 Å². The summed E-state index contributed by atoms with van der Waals surface area (Å²) in [6.45, 7) is 5.71. The van der Waals surface area contributed by atoms with E-state index in [0.29, 0.717) is 42.4 Å². The Morgan fingerprint density at radius 1 is 1.24 bits per heavy atom. The van der Waals surface area contributed by atoms with Gasteiger partial charge in [-0.05, 0) is 25.1 Å². The van der Waals surface area contributed by atoms with E-state index in [2.05, 4.69) is 41.1 Å². The van der Waals surface area contributed by atoms with E-state index in [-0.39, 0.29) is 11.4 Å².